The Morgan fingerprint density at radius 3 is 2.68 bits per heavy atom. The van der Waals surface area contributed by atoms with Crippen LogP contribution in [0.1, 0.15) is 25.7 Å². The van der Waals surface area contributed by atoms with Crippen molar-refractivity contribution in [2.75, 3.05) is 18.7 Å². The van der Waals surface area contributed by atoms with Crippen LogP contribution in [0.15, 0.2) is 53.4 Å². The zero-order valence-corrected chi connectivity index (χ0v) is 16.2. The summed E-state index contributed by atoms with van der Waals surface area (Å²) >= 11 is 0. The van der Waals surface area contributed by atoms with Gasteiger partial charge in [0.1, 0.15) is 0 Å². The molecule has 4 rings (SSSR count). The highest BCUT2D eigenvalue weighted by Gasteiger charge is 2.34. The van der Waals surface area contributed by atoms with Crippen molar-refractivity contribution in [3.63, 3.8) is 0 Å². The second-order valence-corrected chi connectivity index (χ2v) is 8.79. The molecule has 148 valence electrons. The molecule has 1 fully saturated rings. The van der Waals surface area contributed by atoms with Gasteiger partial charge in [-0.3, -0.25) is 4.79 Å². The number of piperidine rings is 1. The summed E-state index contributed by atoms with van der Waals surface area (Å²) in [5.41, 5.74) is 0.600. The number of benzene rings is 2. The van der Waals surface area contributed by atoms with E-state index in [-0.39, 0.29) is 30.1 Å². The summed E-state index contributed by atoms with van der Waals surface area (Å²) in [7, 11) is -3.62. The highest BCUT2D eigenvalue weighted by atomic mass is 32.2. The van der Waals surface area contributed by atoms with Gasteiger partial charge in [0.15, 0.2) is 11.5 Å². The number of rotatable bonds is 5. The number of nitrogens with zero attached hydrogens (tertiary/aromatic N) is 1. The molecule has 1 amide bonds. The molecule has 1 atom stereocenters. The van der Waals surface area contributed by atoms with E-state index in [1.165, 1.54) is 4.31 Å². The molecule has 7 nitrogen and oxygen atoms in total. The van der Waals surface area contributed by atoms with Crippen molar-refractivity contribution >= 4 is 21.6 Å². The molecule has 8 heteroatoms. The SMILES string of the molecule is O=C(C[C@@H]1CCCCN1S(=O)(=O)c1ccccc1)Nc1ccc2c(c1)OCO2. The minimum atomic E-state index is -3.62. The largest absolute Gasteiger partial charge is 0.454 e. The van der Waals surface area contributed by atoms with E-state index in [1.807, 2.05) is 0 Å². The second-order valence-electron chi connectivity index (χ2n) is 6.90. The third kappa shape index (κ3) is 3.83. The molecule has 2 aromatic carbocycles. The average Bonchev–Trinajstić information content (AvgIpc) is 3.17. The number of fused-ring (bicyclic) bond motifs is 1. The fraction of sp³-hybridized carbons (Fsp3) is 0.350. The number of ether oxygens (including phenoxy) is 2. The average molecular weight is 402 g/mol. The summed E-state index contributed by atoms with van der Waals surface area (Å²) in [4.78, 5) is 12.8. The predicted molar refractivity (Wildman–Crippen MR) is 104 cm³/mol. The maximum absolute atomic E-state index is 13.0. The minimum absolute atomic E-state index is 0.112. The van der Waals surface area contributed by atoms with Crippen LogP contribution in [-0.2, 0) is 14.8 Å². The number of carbonyl (C=O) groups is 1. The van der Waals surface area contributed by atoms with Crippen molar-refractivity contribution in [2.45, 2.75) is 36.6 Å². The Morgan fingerprint density at radius 2 is 1.86 bits per heavy atom. The van der Waals surface area contributed by atoms with Crippen molar-refractivity contribution in [3.05, 3.63) is 48.5 Å². The zero-order valence-electron chi connectivity index (χ0n) is 15.3. The van der Waals surface area contributed by atoms with Gasteiger partial charge < -0.3 is 14.8 Å². The molecular formula is C20H22N2O5S. The Balaban J connectivity index is 1.47. The van der Waals surface area contributed by atoms with E-state index in [4.69, 9.17) is 9.47 Å². The van der Waals surface area contributed by atoms with Crippen LogP contribution in [0.5, 0.6) is 11.5 Å². The summed E-state index contributed by atoms with van der Waals surface area (Å²) in [6.07, 6.45) is 2.48. The maximum Gasteiger partial charge on any atom is 0.243 e. The molecule has 28 heavy (non-hydrogen) atoms. The van der Waals surface area contributed by atoms with E-state index in [1.54, 1.807) is 48.5 Å². The summed E-state index contributed by atoms with van der Waals surface area (Å²) in [6.45, 7) is 0.598. The number of nitrogens with one attached hydrogen (secondary N) is 1. The Kier molecular flexibility index (Phi) is 5.23. The van der Waals surface area contributed by atoms with Gasteiger partial charge in [-0.25, -0.2) is 8.42 Å². The number of amides is 1. The van der Waals surface area contributed by atoms with Crippen molar-refractivity contribution in [1.82, 2.24) is 4.31 Å². The van der Waals surface area contributed by atoms with Gasteiger partial charge in [0.2, 0.25) is 22.7 Å². The molecule has 0 unspecified atom stereocenters. The van der Waals surface area contributed by atoms with Crippen molar-refractivity contribution in [1.29, 1.82) is 0 Å². The predicted octanol–water partition coefficient (Wildman–Crippen LogP) is 2.99. The van der Waals surface area contributed by atoms with Gasteiger partial charge in [-0.05, 0) is 37.1 Å². The lowest BCUT2D eigenvalue weighted by Gasteiger charge is -2.34. The van der Waals surface area contributed by atoms with Gasteiger partial charge in [-0.15, -0.1) is 0 Å². The van der Waals surface area contributed by atoms with Gasteiger partial charge in [-0.2, -0.15) is 4.31 Å². The molecule has 1 saturated heterocycles. The van der Waals surface area contributed by atoms with Crippen LogP contribution < -0.4 is 14.8 Å². The third-order valence-corrected chi connectivity index (χ3v) is 6.97. The topological polar surface area (TPSA) is 84.9 Å². The standard InChI is InChI=1S/C20H22N2O5S/c23-20(21-15-9-10-18-19(12-15)27-14-26-18)13-16-6-4-5-11-22(16)28(24,25)17-7-2-1-3-8-17/h1-3,7-10,12,16H,4-6,11,13-14H2,(H,21,23)/t16-/m0/s1. The van der Waals surface area contributed by atoms with Crippen LogP contribution in [0, 0.1) is 0 Å². The Labute approximate surface area is 164 Å². The van der Waals surface area contributed by atoms with E-state index in [0.717, 1.165) is 12.8 Å². The van der Waals surface area contributed by atoms with Crippen molar-refractivity contribution in [2.24, 2.45) is 0 Å². The molecular weight excluding hydrogens is 380 g/mol. The van der Waals surface area contributed by atoms with E-state index < -0.39 is 10.0 Å². The number of hydrogen-bond acceptors (Lipinski definition) is 5. The molecule has 0 spiro atoms. The molecule has 1 N–H and O–H groups in total. The first kappa shape index (κ1) is 18.8. The first-order valence-corrected chi connectivity index (χ1v) is 10.7. The molecule has 2 aliphatic rings. The van der Waals surface area contributed by atoms with E-state index >= 15 is 0 Å². The van der Waals surface area contributed by atoms with E-state index in [0.29, 0.717) is 30.2 Å². The first-order chi connectivity index (χ1) is 13.5. The van der Waals surface area contributed by atoms with Crippen molar-refractivity contribution in [3.8, 4) is 11.5 Å². The summed E-state index contributed by atoms with van der Waals surface area (Å²) < 4.78 is 38.1. The monoisotopic (exact) mass is 402 g/mol. The Bertz CT molecular complexity index is 962. The lowest BCUT2D eigenvalue weighted by molar-refractivity contribution is -0.117. The van der Waals surface area contributed by atoms with Crippen LogP contribution in [0.2, 0.25) is 0 Å². The Hall–Kier alpha value is -2.58. The molecule has 0 bridgehead atoms. The quantitative estimate of drug-likeness (QED) is 0.831. The molecule has 2 aromatic rings. The highest BCUT2D eigenvalue weighted by Crippen LogP contribution is 2.34. The van der Waals surface area contributed by atoms with Crippen LogP contribution >= 0.6 is 0 Å². The fourth-order valence-electron chi connectivity index (χ4n) is 3.62. The summed E-state index contributed by atoms with van der Waals surface area (Å²) in [5, 5.41) is 2.83. The van der Waals surface area contributed by atoms with Gasteiger partial charge in [0.25, 0.3) is 0 Å². The third-order valence-electron chi connectivity index (χ3n) is 5.00. The Morgan fingerprint density at radius 1 is 1.07 bits per heavy atom. The van der Waals surface area contributed by atoms with Crippen LogP contribution in [0.4, 0.5) is 5.69 Å². The highest BCUT2D eigenvalue weighted by molar-refractivity contribution is 7.89. The van der Waals surface area contributed by atoms with Crippen LogP contribution in [0.25, 0.3) is 0 Å². The first-order valence-electron chi connectivity index (χ1n) is 9.30. The minimum Gasteiger partial charge on any atom is -0.454 e. The molecule has 2 heterocycles. The van der Waals surface area contributed by atoms with E-state index in [9.17, 15) is 13.2 Å². The summed E-state index contributed by atoms with van der Waals surface area (Å²) in [6, 6.07) is 13.2. The fourth-order valence-corrected chi connectivity index (χ4v) is 5.34. The number of sulfonamides is 1. The van der Waals surface area contributed by atoms with Gasteiger partial charge in [-0.1, -0.05) is 24.6 Å². The van der Waals surface area contributed by atoms with Gasteiger partial charge >= 0.3 is 0 Å². The molecule has 0 saturated carbocycles. The number of carbonyl (C=O) groups excluding carboxylic acids is 1. The van der Waals surface area contributed by atoms with Gasteiger partial charge in [0, 0.05) is 30.8 Å². The molecule has 0 aromatic heterocycles. The lowest BCUT2D eigenvalue weighted by Crippen LogP contribution is -2.45. The molecule has 2 aliphatic heterocycles. The lowest BCUT2D eigenvalue weighted by atomic mass is 10.0. The zero-order chi connectivity index (χ0) is 19.6. The van der Waals surface area contributed by atoms with Crippen molar-refractivity contribution < 1.29 is 22.7 Å². The number of hydrogen-bond donors (Lipinski definition) is 1. The normalized spacial score (nSPS) is 19.4. The summed E-state index contributed by atoms with van der Waals surface area (Å²) in [5.74, 6) is 1.01. The van der Waals surface area contributed by atoms with E-state index in [2.05, 4.69) is 5.32 Å². The second kappa shape index (κ2) is 7.81. The van der Waals surface area contributed by atoms with Crippen LogP contribution in [0.3, 0.4) is 0 Å². The number of anilines is 1. The maximum atomic E-state index is 13.0. The van der Waals surface area contributed by atoms with Crippen LogP contribution in [-0.4, -0.2) is 38.0 Å². The molecule has 0 radical (unpaired) electrons. The molecule has 0 aliphatic carbocycles. The van der Waals surface area contributed by atoms with Gasteiger partial charge in [0.05, 0.1) is 4.90 Å². The smallest absolute Gasteiger partial charge is 0.243 e.